The maximum atomic E-state index is 4.43. The molecule has 1 aromatic carbocycles. The van der Waals surface area contributed by atoms with E-state index in [4.69, 9.17) is 0 Å². The zero-order chi connectivity index (χ0) is 19.0. The average Bonchev–Trinajstić information content (AvgIpc) is 3.43. The van der Waals surface area contributed by atoms with Gasteiger partial charge in [-0.1, -0.05) is 38.1 Å². The van der Waals surface area contributed by atoms with Crippen LogP contribution in [0.15, 0.2) is 29.3 Å². The summed E-state index contributed by atoms with van der Waals surface area (Å²) in [4.78, 5) is 6.92. The lowest BCUT2D eigenvalue weighted by Gasteiger charge is -2.23. The van der Waals surface area contributed by atoms with Gasteiger partial charge in [0.05, 0.1) is 0 Å². The summed E-state index contributed by atoms with van der Waals surface area (Å²) in [6, 6.07) is 9.23. The van der Waals surface area contributed by atoms with Gasteiger partial charge >= 0.3 is 0 Å². The number of aryl methyl sites for hydroxylation is 1. The SMILES string of the molecule is CCN(CC)CCCC(C)NC(=NC)NCC1(c2ccccc2C)CC1. The third kappa shape index (κ3) is 5.73. The quantitative estimate of drug-likeness (QED) is 0.495. The number of rotatable bonds is 10. The second-order valence-electron chi connectivity index (χ2n) is 7.74. The van der Waals surface area contributed by atoms with E-state index >= 15 is 0 Å². The lowest BCUT2D eigenvalue weighted by Crippen LogP contribution is -2.45. The van der Waals surface area contributed by atoms with Crippen molar-refractivity contribution in [1.29, 1.82) is 0 Å². The fraction of sp³-hybridized carbons (Fsp3) is 0.682. The normalized spacial score (nSPS) is 17.2. The Labute approximate surface area is 160 Å². The molecule has 4 nitrogen and oxygen atoms in total. The van der Waals surface area contributed by atoms with Crippen molar-refractivity contribution in [2.45, 2.75) is 64.8 Å². The molecule has 1 aliphatic carbocycles. The molecule has 0 spiro atoms. The van der Waals surface area contributed by atoms with Gasteiger partial charge < -0.3 is 15.5 Å². The second kappa shape index (κ2) is 9.96. The third-order valence-corrected chi connectivity index (χ3v) is 5.78. The Bertz CT molecular complexity index is 573. The Hall–Kier alpha value is -1.55. The minimum atomic E-state index is 0.301. The Morgan fingerprint density at radius 1 is 1.23 bits per heavy atom. The van der Waals surface area contributed by atoms with Crippen molar-refractivity contribution >= 4 is 5.96 Å². The average molecular weight is 359 g/mol. The summed E-state index contributed by atoms with van der Waals surface area (Å²) >= 11 is 0. The molecule has 0 saturated heterocycles. The molecule has 0 aliphatic heterocycles. The highest BCUT2D eigenvalue weighted by Crippen LogP contribution is 2.48. The molecule has 0 aromatic heterocycles. The van der Waals surface area contributed by atoms with Crippen molar-refractivity contribution in [3.05, 3.63) is 35.4 Å². The van der Waals surface area contributed by atoms with Gasteiger partial charge in [-0.3, -0.25) is 4.99 Å². The second-order valence-corrected chi connectivity index (χ2v) is 7.74. The Morgan fingerprint density at radius 3 is 2.50 bits per heavy atom. The maximum Gasteiger partial charge on any atom is 0.191 e. The van der Waals surface area contributed by atoms with Gasteiger partial charge in [0, 0.05) is 25.0 Å². The van der Waals surface area contributed by atoms with E-state index in [1.807, 2.05) is 7.05 Å². The number of guanidine groups is 1. The summed E-state index contributed by atoms with van der Waals surface area (Å²) in [7, 11) is 1.87. The monoisotopic (exact) mass is 358 g/mol. The summed E-state index contributed by atoms with van der Waals surface area (Å²) in [6.45, 7) is 13.4. The molecule has 1 aromatic rings. The van der Waals surface area contributed by atoms with Gasteiger partial charge in [0.2, 0.25) is 0 Å². The highest BCUT2D eigenvalue weighted by Gasteiger charge is 2.44. The van der Waals surface area contributed by atoms with E-state index < -0.39 is 0 Å². The summed E-state index contributed by atoms with van der Waals surface area (Å²) in [6.07, 6.45) is 4.92. The highest BCUT2D eigenvalue weighted by atomic mass is 15.2. The molecule has 4 heteroatoms. The fourth-order valence-corrected chi connectivity index (χ4v) is 3.77. The van der Waals surface area contributed by atoms with E-state index in [1.54, 1.807) is 0 Å². The van der Waals surface area contributed by atoms with Crippen molar-refractivity contribution in [2.24, 2.45) is 4.99 Å². The standard InChI is InChI=1S/C22H38N4/c1-6-26(7-2)16-10-12-19(4)25-21(23-5)24-17-22(14-15-22)20-13-9-8-11-18(20)3/h8-9,11,13,19H,6-7,10,12,14-17H2,1-5H3,(H2,23,24,25). The van der Waals surface area contributed by atoms with E-state index in [-0.39, 0.29) is 0 Å². The smallest absolute Gasteiger partial charge is 0.191 e. The molecule has 2 rings (SSSR count). The predicted octanol–water partition coefficient (Wildman–Crippen LogP) is 3.70. The molecule has 1 atom stereocenters. The maximum absolute atomic E-state index is 4.43. The molecule has 0 heterocycles. The van der Waals surface area contributed by atoms with Crippen LogP contribution in [0.25, 0.3) is 0 Å². The molecule has 2 N–H and O–H groups in total. The number of hydrogen-bond donors (Lipinski definition) is 2. The van der Waals surface area contributed by atoms with Crippen LogP contribution in [0, 0.1) is 6.92 Å². The summed E-state index contributed by atoms with van der Waals surface area (Å²) in [5, 5.41) is 7.14. The molecule has 1 unspecified atom stereocenters. The van der Waals surface area contributed by atoms with Gasteiger partial charge in [-0.15, -0.1) is 0 Å². The molecule has 0 radical (unpaired) electrons. The molecule has 0 bridgehead atoms. The van der Waals surface area contributed by atoms with Crippen LogP contribution in [0.5, 0.6) is 0 Å². The summed E-state index contributed by atoms with van der Waals surface area (Å²) < 4.78 is 0. The Balaban J connectivity index is 1.78. The van der Waals surface area contributed by atoms with Crippen LogP contribution in [-0.4, -0.2) is 50.1 Å². The van der Waals surface area contributed by atoms with Gasteiger partial charge in [-0.05, 0) is 70.3 Å². The van der Waals surface area contributed by atoms with Crippen LogP contribution >= 0.6 is 0 Å². The van der Waals surface area contributed by atoms with Crippen molar-refractivity contribution in [3.8, 4) is 0 Å². The molecule has 0 amide bonds. The van der Waals surface area contributed by atoms with E-state index in [2.05, 4.69) is 72.5 Å². The van der Waals surface area contributed by atoms with Crippen LogP contribution in [0.4, 0.5) is 0 Å². The van der Waals surface area contributed by atoms with Crippen molar-refractivity contribution in [3.63, 3.8) is 0 Å². The molecule has 26 heavy (non-hydrogen) atoms. The largest absolute Gasteiger partial charge is 0.356 e. The number of aliphatic imine (C=N–C) groups is 1. The zero-order valence-electron chi connectivity index (χ0n) is 17.4. The first-order valence-corrected chi connectivity index (χ1v) is 10.3. The van der Waals surface area contributed by atoms with Gasteiger partial charge in [0.1, 0.15) is 0 Å². The minimum Gasteiger partial charge on any atom is -0.356 e. The van der Waals surface area contributed by atoms with Gasteiger partial charge in [0.15, 0.2) is 5.96 Å². The van der Waals surface area contributed by atoms with Crippen LogP contribution in [0.2, 0.25) is 0 Å². The molecular formula is C22H38N4. The number of benzene rings is 1. The number of hydrogen-bond acceptors (Lipinski definition) is 2. The lowest BCUT2D eigenvalue weighted by molar-refractivity contribution is 0.292. The first-order valence-electron chi connectivity index (χ1n) is 10.3. The van der Waals surface area contributed by atoms with E-state index in [9.17, 15) is 0 Å². The first kappa shape index (κ1) is 20.8. The van der Waals surface area contributed by atoms with Crippen molar-refractivity contribution < 1.29 is 0 Å². The van der Waals surface area contributed by atoms with Crippen molar-refractivity contribution in [1.82, 2.24) is 15.5 Å². The van der Waals surface area contributed by atoms with Gasteiger partial charge in [-0.25, -0.2) is 0 Å². The molecule has 146 valence electrons. The Kier molecular flexibility index (Phi) is 7.95. The zero-order valence-corrected chi connectivity index (χ0v) is 17.4. The van der Waals surface area contributed by atoms with E-state index in [0.29, 0.717) is 11.5 Å². The lowest BCUT2D eigenvalue weighted by atomic mass is 9.92. The Morgan fingerprint density at radius 2 is 1.92 bits per heavy atom. The predicted molar refractivity (Wildman–Crippen MR) is 113 cm³/mol. The highest BCUT2D eigenvalue weighted by molar-refractivity contribution is 5.80. The van der Waals surface area contributed by atoms with Crippen LogP contribution < -0.4 is 10.6 Å². The van der Waals surface area contributed by atoms with Gasteiger partial charge in [0.25, 0.3) is 0 Å². The minimum absolute atomic E-state index is 0.301. The molecule has 1 fully saturated rings. The summed E-state index contributed by atoms with van der Waals surface area (Å²) in [5.41, 5.74) is 3.20. The van der Waals surface area contributed by atoms with E-state index in [1.165, 1.54) is 43.4 Å². The molecule has 1 saturated carbocycles. The van der Waals surface area contributed by atoms with Crippen LogP contribution in [0.3, 0.4) is 0 Å². The fourth-order valence-electron chi connectivity index (χ4n) is 3.77. The summed E-state index contributed by atoms with van der Waals surface area (Å²) in [5.74, 6) is 0.931. The van der Waals surface area contributed by atoms with Crippen LogP contribution in [-0.2, 0) is 5.41 Å². The topological polar surface area (TPSA) is 39.7 Å². The van der Waals surface area contributed by atoms with Crippen molar-refractivity contribution in [2.75, 3.05) is 33.2 Å². The third-order valence-electron chi connectivity index (χ3n) is 5.78. The van der Waals surface area contributed by atoms with E-state index in [0.717, 1.165) is 25.6 Å². The molecule has 1 aliphatic rings. The van der Waals surface area contributed by atoms with Gasteiger partial charge in [-0.2, -0.15) is 0 Å². The first-order chi connectivity index (χ1) is 12.5. The number of nitrogens with zero attached hydrogens (tertiary/aromatic N) is 2. The molecular weight excluding hydrogens is 320 g/mol. The number of nitrogens with one attached hydrogen (secondary N) is 2. The van der Waals surface area contributed by atoms with Crippen LogP contribution in [0.1, 0.15) is 57.6 Å².